The van der Waals surface area contributed by atoms with Crippen LogP contribution in [0.15, 0.2) is 24.3 Å². The van der Waals surface area contributed by atoms with Crippen LogP contribution >= 0.6 is 0 Å². The molecule has 1 aromatic carbocycles. The number of rotatable bonds is 6. The summed E-state index contributed by atoms with van der Waals surface area (Å²) in [6.07, 6.45) is 5.39. The predicted octanol–water partition coefficient (Wildman–Crippen LogP) is 2.04. The molecule has 1 saturated heterocycles. The SMILES string of the molecule is CN(C)C(=O)c1ccc(OCCCN2CC3CCCC3C2)cc1.O=C(O)C(=O)O. The smallest absolute Gasteiger partial charge is 0.414 e. The minimum absolute atomic E-state index is 0.0242. The molecule has 0 radical (unpaired) electrons. The van der Waals surface area contributed by atoms with E-state index >= 15 is 0 Å². The Bertz CT molecular complexity index is 680. The normalized spacial score (nSPS) is 20.3. The van der Waals surface area contributed by atoms with E-state index in [0.29, 0.717) is 5.56 Å². The highest BCUT2D eigenvalue weighted by Crippen LogP contribution is 2.37. The van der Waals surface area contributed by atoms with Gasteiger partial charge in [-0.1, -0.05) is 6.42 Å². The van der Waals surface area contributed by atoms with Gasteiger partial charge in [-0.15, -0.1) is 0 Å². The molecule has 1 aromatic rings. The molecule has 29 heavy (non-hydrogen) atoms. The molecule has 160 valence electrons. The third-order valence-electron chi connectivity index (χ3n) is 5.38. The molecule has 2 aliphatic rings. The molecule has 2 N–H and O–H groups in total. The summed E-state index contributed by atoms with van der Waals surface area (Å²) < 4.78 is 5.80. The van der Waals surface area contributed by atoms with Crippen LogP contribution < -0.4 is 4.74 Å². The second kappa shape index (κ2) is 10.8. The number of amides is 1. The van der Waals surface area contributed by atoms with Crippen LogP contribution in [0.4, 0.5) is 0 Å². The molecule has 2 fully saturated rings. The number of aliphatic carboxylic acids is 2. The quantitative estimate of drug-likeness (QED) is 0.550. The van der Waals surface area contributed by atoms with Crippen LogP contribution in [0, 0.1) is 11.8 Å². The van der Waals surface area contributed by atoms with Gasteiger partial charge in [-0.3, -0.25) is 4.79 Å². The second-order valence-electron chi connectivity index (χ2n) is 7.75. The van der Waals surface area contributed by atoms with E-state index in [1.165, 1.54) is 32.4 Å². The summed E-state index contributed by atoms with van der Waals surface area (Å²) >= 11 is 0. The number of nitrogens with zero attached hydrogens (tertiary/aromatic N) is 2. The van der Waals surface area contributed by atoms with Crippen LogP contribution in [0.3, 0.4) is 0 Å². The zero-order chi connectivity index (χ0) is 21.4. The van der Waals surface area contributed by atoms with Crippen LogP contribution in [-0.4, -0.2) is 78.2 Å². The lowest BCUT2D eigenvalue weighted by Crippen LogP contribution is -2.24. The largest absolute Gasteiger partial charge is 0.494 e. The molecular formula is C21H30N2O6. The number of hydrogen-bond acceptors (Lipinski definition) is 5. The Kier molecular flexibility index (Phi) is 8.45. The molecule has 1 amide bonds. The summed E-state index contributed by atoms with van der Waals surface area (Å²) in [5.74, 6) is -0.838. The molecule has 0 spiro atoms. The monoisotopic (exact) mass is 406 g/mol. The molecule has 3 rings (SSSR count). The predicted molar refractivity (Wildman–Crippen MR) is 107 cm³/mol. The fourth-order valence-electron chi connectivity index (χ4n) is 3.94. The average Bonchev–Trinajstić information content (AvgIpc) is 3.27. The third kappa shape index (κ3) is 7.05. The van der Waals surface area contributed by atoms with Crippen molar-refractivity contribution in [1.29, 1.82) is 0 Å². The van der Waals surface area contributed by atoms with E-state index in [2.05, 4.69) is 4.90 Å². The first kappa shape index (κ1) is 22.7. The van der Waals surface area contributed by atoms with Crippen LogP contribution in [0.25, 0.3) is 0 Å². The molecule has 2 unspecified atom stereocenters. The van der Waals surface area contributed by atoms with Gasteiger partial charge in [0.2, 0.25) is 0 Å². The van der Waals surface area contributed by atoms with E-state index in [4.69, 9.17) is 24.5 Å². The Morgan fingerprint density at radius 1 is 1.03 bits per heavy atom. The summed E-state index contributed by atoms with van der Waals surface area (Å²) in [5, 5.41) is 14.8. The van der Waals surface area contributed by atoms with Gasteiger partial charge in [-0.2, -0.15) is 0 Å². The van der Waals surface area contributed by atoms with Crippen LogP contribution in [0.5, 0.6) is 5.75 Å². The van der Waals surface area contributed by atoms with E-state index in [-0.39, 0.29) is 5.91 Å². The van der Waals surface area contributed by atoms with Gasteiger partial charge in [0.1, 0.15) is 5.75 Å². The van der Waals surface area contributed by atoms with E-state index in [9.17, 15) is 4.79 Å². The van der Waals surface area contributed by atoms with Crippen molar-refractivity contribution in [2.45, 2.75) is 25.7 Å². The number of carboxylic acid groups (broad SMARTS) is 2. The second-order valence-corrected chi connectivity index (χ2v) is 7.75. The Hall–Kier alpha value is -2.61. The standard InChI is InChI=1S/C19H28N2O2.C2H2O4/c1-20(2)19(22)15-7-9-18(10-8-15)23-12-4-11-21-13-16-5-3-6-17(16)14-21;3-1(4)2(5)6/h7-10,16-17H,3-6,11-14H2,1-2H3;(H,3,4)(H,5,6). The highest BCUT2D eigenvalue weighted by Gasteiger charge is 2.35. The molecule has 1 saturated carbocycles. The minimum atomic E-state index is -1.82. The van der Waals surface area contributed by atoms with Gasteiger partial charge in [0, 0.05) is 39.3 Å². The number of fused-ring (bicyclic) bond motifs is 1. The van der Waals surface area contributed by atoms with Gasteiger partial charge in [-0.05, 0) is 55.4 Å². The van der Waals surface area contributed by atoms with Crippen molar-refractivity contribution >= 4 is 17.8 Å². The maximum Gasteiger partial charge on any atom is 0.414 e. The molecule has 0 bridgehead atoms. The molecule has 8 nitrogen and oxygen atoms in total. The van der Waals surface area contributed by atoms with Crippen molar-refractivity contribution in [3.8, 4) is 5.75 Å². The van der Waals surface area contributed by atoms with Gasteiger partial charge < -0.3 is 24.7 Å². The summed E-state index contributed by atoms with van der Waals surface area (Å²) in [6.45, 7) is 4.48. The summed E-state index contributed by atoms with van der Waals surface area (Å²) in [6, 6.07) is 7.44. The van der Waals surface area contributed by atoms with Gasteiger partial charge in [0.05, 0.1) is 6.61 Å². The van der Waals surface area contributed by atoms with Crippen molar-refractivity contribution < 1.29 is 29.3 Å². The number of hydrogen-bond donors (Lipinski definition) is 2. The number of benzene rings is 1. The minimum Gasteiger partial charge on any atom is -0.494 e. The van der Waals surface area contributed by atoms with Crippen LogP contribution in [0.2, 0.25) is 0 Å². The number of likely N-dealkylation sites (tertiary alicyclic amines) is 1. The van der Waals surface area contributed by atoms with Gasteiger partial charge in [0.25, 0.3) is 5.91 Å². The van der Waals surface area contributed by atoms with Crippen molar-refractivity contribution in [1.82, 2.24) is 9.80 Å². The number of carbonyl (C=O) groups excluding carboxylic acids is 1. The average molecular weight is 406 g/mol. The Balaban J connectivity index is 0.000000438. The first-order chi connectivity index (χ1) is 13.8. The highest BCUT2D eigenvalue weighted by molar-refractivity contribution is 6.27. The van der Waals surface area contributed by atoms with Crippen molar-refractivity contribution in [3.05, 3.63) is 29.8 Å². The molecule has 1 heterocycles. The van der Waals surface area contributed by atoms with Crippen molar-refractivity contribution in [3.63, 3.8) is 0 Å². The highest BCUT2D eigenvalue weighted by atomic mass is 16.5. The summed E-state index contributed by atoms with van der Waals surface area (Å²) in [7, 11) is 3.53. The third-order valence-corrected chi connectivity index (χ3v) is 5.38. The number of carbonyl (C=O) groups is 3. The van der Waals surface area contributed by atoms with Crippen LogP contribution in [0.1, 0.15) is 36.0 Å². The first-order valence-electron chi connectivity index (χ1n) is 9.91. The van der Waals surface area contributed by atoms with Crippen molar-refractivity contribution in [2.75, 3.05) is 40.3 Å². The van der Waals surface area contributed by atoms with Gasteiger partial charge in [-0.25, -0.2) is 9.59 Å². The maximum absolute atomic E-state index is 11.8. The maximum atomic E-state index is 11.8. The summed E-state index contributed by atoms with van der Waals surface area (Å²) in [4.78, 5) is 34.2. The Labute approximate surface area is 171 Å². The fourth-order valence-corrected chi connectivity index (χ4v) is 3.94. The van der Waals surface area contributed by atoms with Crippen molar-refractivity contribution in [2.24, 2.45) is 11.8 Å². The molecule has 2 atom stereocenters. The van der Waals surface area contributed by atoms with Crippen LogP contribution in [-0.2, 0) is 9.59 Å². The van der Waals surface area contributed by atoms with E-state index in [1.54, 1.807) is 19.0 Å². The first-order valence-corrected chi connectivity index (χ1v) is 9.91. The van der Waals surface area contributed by atoms with Gasteiger partial charge >= 0.3 is 11.9 Å². The fraction of sp³-hybridized carbons (Fsp3) is 0.571. The molecule has 0 aromatic heterocycles. The lowest BCUT2D eigenvalue weighted by Gasteiger charge is -2.16. The molecule has 1 aliphatic heterocycles. The molecular weight excluding hydrogens is 376 g/mol. The lowest BCUT2D eigenvalue weighted by molar-refractivity contribution is -0.159. The van der Waals surface area contributed by atoms with E-state index < -0.39 is 11.9 Å². The molecule has 8 heteroatoms. The Morgan fingerprint density at radius 2 is 1.59 bits per heavy atom. The topological polar surface area (TPSA) is 107 Å². The Morgan fingerprint density at radius 3 is 2.07 bits per heavy atom. The van der Waals surface area contributed by atoms with E-state index in [0.717, 1.165) is 37.2 Å². The lowest BCUT2D eigenvalue weighted by atomic mass is 10.0. The number of carboxylic acids is 2. The molecule has 1 aliphatic carbocycles. The van der Waals surface area contributed by atoms with E-state index in [1.807, 2.05) is 24.3 Å². The van der Waals surface area contributed by atoms with Gasteiger partial charge in [0.15, 0.2) is 0 Å². The summed E-state index contributed by atoms with van der Waals surface area (Å²) in [5.41, 5.74) is 0.700. The zero-order valence-electron chi connectivity index (χ0n) is 17.0. The number of ether oxygens (including phenoxy) is 1. The zero-order valence-corrected chi connectivity index (χ0v) is 17.0.